The van der Waals surface area contributed by atoms with Crippen LogP contribution >= 0.6 is 0 Å². The van der Waals surface area contributed by atoms with Gasteiger partial charge in [0, 0.05) is 5.92 Å². The molecule has 21 heavy (non-hydrogen) atoms. The van der Waals surface area contributed by atoms with Crippen LogP contribution in [0.25, 0.3) is 0 Å². The van der Waals surface area contributed by atoms with Crippen LogP contribution in [0.2, 0.25) is 0 Å². The minimum Gasteiger partial charge on any atom is -0.258 e. The van der Waals surface area contributed by atoms with Crippen molar-refractivity contribution in [2.24, 2.45) is 0 Å². The number of allylic oxidation sites excluding steroid dienone is 2. The highest BCUT2D eigenvalue weighted by atomic mass is 32.2. The summed E-state index contributed by atoms with van der Waals surface area (Å²) in [7, 11) is -3.85. The van der Waals surface area contributed by atoms with E-state index in [4.69, 9.17) is 0 Å². The van der Waals surface area contributed by atoms with E-state index in [0.29, 0.717) is 0 Å². The number of amides is 1. The highest BCUT2D eigenvalue weighted by Crippen LogP contribution is 2.16. The zero-order chi connectivity index (χ0) is 15.3. The van der Waals surface area contributed by atoms with E-state index < -0.39 is 15.9 Å². The molecule has 0 unspecified atom stereocenters. The summed E-state index contributed by atoms with van der Waals surface area (Å²) in [6, 6.07) is 6.28. The predicted molar refractivity (Wildman–Crippen MR) is 80.8 cm³/mol. The van der Waals surface area contributed by atoms with E-state index in [2.05, 4.69) is 11.8 Å². The molecule has 4 nitrogen and oxygen atoms in total. The largest absolute Gasteiger partial charge is 0.309 e. The molecule has 0 fully saturated rings. The topological polar surface area (TPSA) is 63.2 Å². The van der Waals surface area contributed by atoms with Crippen molar-refractivity contribution in [3.05, 3.63) is 41.5 Å². The van der Waals surface area contributed by atoms with Gasteiger partial charge in [-0.2, -0.15) is 0 Å². The van der Waals surface area contributed by atoms with Crippen molar-refractivity contribution in [1.82, 2.24) is 4.72 Å². The Balaban J connectivity index is 2.06. The lowest BCUT2D eigenvalue weighted by Gasteiger charge is -2.06. The first kappa shape index (κ1) is 15.3. The third-order valence-electron chi connectivity index (χ3n) is 3.19. The van der Waals surface area contributed by atoms with Gasteiger partial charge in [-0.1, -0.05) is 29.7 Å². The molecule has 5 heteroatoms. The molecule has 0 radical (unpaired) electrons. The number of sulfonamides is 1. The molecule has 1 aliphatic carbocycles. The third kappa shape index (κ3) is 4.47. The van der Waals surface area contributed by atoms with Crippen molar-refractivity contribution in [3.8, 4) is 11.8 Å². The molecular formula is C16H17NO3S. The lowest BCUT2D eigenvalue weighted by atomic mass is 10.0. The molecule has 0 heterocycles. The van der Waals surface area contributed by atoms with Crippen molar-refractivity contribution >= 4 is 15.9 Å². The summed E-state index contributed by atoms with van der Waals surface area (Å²) in [5.41, 5.74) is 1.86. The van der Waals surface area contributed by atoms with E-state index in [1.807, 2.05) is 17.7 Å². The van der Waals surface area contributed by atoms with Crippen LogP contribution in [-0.4, -0.2) is 14.3 Å². The van der Waals surface area contributed by atoms with E-state index in [1.165, 1.54) is 12.1 Å². The average Bonchev–Trinajstić information content (AvgIpc) is 2.46. The van der Waals surface area contributed by atoms with E-state index in [1.54, 1.807) is 12.1 Å². The van der Waals surface area contributed by atoms with Crippen molar-refractivity contribution in [2.75, 3.05) is 0 Å². The summed E-state index contributed by atoms with van der Waals surface area (Å²) < 4.78 is 25.9. The Morgan fingerprint density at radius 3 is 2.52 bits per heavy atom. The summed E-state index contributed by atoms with van der Waals surface area (Å²) in [6.45, 7) is 1.86. The molecule has 0 bridgehead atoms. The van der Waals surface area contributed by atoms with Gasteiger partial charge in [0.25, 0.3) is 10.0 Å². The molecule has 110 valence electrons. The van der Waals surface area contributed by atoms with E-state index in [9.17, 15) is 13.2 Å². The van der Waals surface area contributed by atoms with Gasteiger partial charge in [0.2, 0.25) is 0 Å². The minimum atomic E-state index is -3.85. The summed E-state index contributed by atoms with van der Waals surface area (Å²) in [6.07, 6.45) is 6.01. The number of carbonyl (C=O) groups is 1. The number of benzene rings is 1. The van der Waals surface area contributed by atoms with Crippen LogP contribution in [0, 0.1) is 18.8 Å². The standard InChI is InChI=1S/C16H17NO3S/c1-13-7-10-15(11-8-13)21(19,20)17-16(18)12-9-14-5-3-2-4-6-14/h5,7-8,10-11H,2-4,6H2,1H3,(H,17,18). The van der Waals surface area contributed by atoms with Crippen LogP contribution in [0.5, 0.6) is 0 Å². The fourth-order valence-electron chi connectivity index (χ4n) is 2.01. The zero-order valence-electron chi connectivity index (χ0n) is 11.8. The predicted octanol–water partition coefficient (Wildman–Crippen LogP) is 2.30. The molecule has 0 atom stereocenters. The van der Waals surface area contributed by atoms with Gasteiger partial charge >= 0.3 is 5.91 Å². The van der Waals surface area contributed by atoms with Gasteiger partial charge in [-0.05, 0) is 50.3 Å². The van der Waals surface area contributed by atoms with Crippen LogP contribution in [0.3, 0.4) is 0 Å². The summed E-state index contributed by atoms with van der Waals surface area (Å²) in [5.74, 6) is 4.28. The molecule has 0 aromatic heterocycles. The van der Waals surface area contributed by atoms with Gasteiger partial charge in [0.15, 0.2) is 0 Å². The summed E-state index contributed by atoms with van der Waals surface area (Å²) >= 11 is 0. The Morgan fingerprint density at radius 2 is 1.90 bits per heavy atom. The van der Waals surface area contributed by atoms with E-state index in [-0.39, 0.29) is 4.90 Å². The van der Waals surface area contributed by atoms with Gasteiger partial charge in [-0.3, -0.25) is 4.79 Å². The van der Waals surface area contributed by atoms with Gasteiger partial charge in [0.05, 0.1) is 4.90 Å². The maximum Gasteiger partial charge on any atom is 0.309 e. The second-order valence-corrected chi connectivity index (χ2v) is 6.66. The van der Waals surface area contributed by atoms with Gasteiger partial charge in [-0.15, -0.1) is 0 Å². The molecule has 1 aromatic carbocycles. The number of rotatable bonds is 2. The number of carbonyl (C=O) groups excluding carboxylic acids is 1. The maximum absolute atomic E-state index is 12.0. The summed E-state index contributed by atoms with van der Waals surface area (Å²) in [4.78, 5) is 11.7. The fourth-order valence-corrected chi connectivity index (χ4v) is 2.92. The molecule has 0 aliphatic heterocycles. The third-order valence-corrected chi connectivity index (χ3v) is 4.53. The highest BCUT2D eigenvalue weighted by molar-refractivity contribution is 7.90. The molecule has 1 aliphatic rings. The number of aryl methyl sites for hydroxylation is 1. The molecule has 0 spiro atoms. The quantitative estimate of drug-likeness (QED) is 0.853. The van der Waals surface area contributed by atoms with E-state index >= 15 is 0 Å². The minimum absolute atomic E-state index is 0.0557. The molecule has 1 N–H and O–H groups in total. The zero-order valence-corrected chi connectivity index (χ0v) is 12.7. The van der Waals surface area contributed by atoms with Gasteiger partial charge in [-0.25, -0.2) is 13.1 Å². The molecule has 2 rings (SSSR count). The van der Waals surface area contributed by atoms with Crippen molar-refractivity contribution in [2.45, 2.75) is 37.5 Å². The molecule has 0 saturated heterocycles. The first-order valence-electron chi connectivity index (χ1n) is 6.82. The van der Waals surface area contributed by atoms with Gasteiger partial charge in [0.1, 0.15) is 0 Å². The molecule has 1 amide bonds. The average molecular weight is 303 g/mol. The van der Waals surface area contributed by atoms with Crippen LogP contribution in [0.4, 0.5) is 0 Å². The Bertz CT molecular complexity index is 719. The van der Waals surface area contributed by atoms with Crippen LogP contribution in [0.15, 0.2) is 40.8 Å². The molecular weight excluding hydrogens is 286 g/mol. The first-order valence-corrected chi connectivity index (χ1v) is 8.30. The monoisotopic (exact) mass is 303 g/mol. The van der Waals surface area contributed by atoms with Crippen molar-refractivity contribution in [1.29, 1.82) is 0 Å². The Labute approximate surface area is 125 Å². The fraction of sp³-hybridized carbons (Fsp3) is 0.312. The van der Waals surface area contributed by atoms with E-state index in [0.717, 1.165) is 36.8 Å². The lowest BCUT2D eigenvalue weighted by molar-refractivity contribution is -0.114. The number of hydrogen-bond donors (Lipinski definition) is 1. The Kier molecular flexibility index (Phi) is 4.81. The normalized spacial score (nSPS) is 14.6. The van der Waals surface area contributed by atoms with Gasteiger partial charge < -0.3 is 0 Å². The number of nitrogens with one attached hydrogen (secondary N) is 1. The van der Waals surface area contributed by atoms with Crippen molar-refractivity contribution < 1.29 is 13.2 Å². The van der Waals surface area contributed by atoms with Crippen LogP contribution in [0.1, 0.15) is 31.2 Å². The Hall–Kier alpha value is -2.06. The maximum atomic E-state index is 12.0. The lowest BCUT2D eigenvalue weighted by Crippen LogP contribution is -2.29. The first-order chi connectivity index (χ1) is 9.97. The molecule has 1 aromatic rings. The Morgan fingerprint density at radius 1 is 1.19 bits per heavy atom. The van der Waals surface area contributed by atoms with Crippen LogP contribution < -0.4 is 4.72 Å². The number of hydrogen-bond acceptors (Lipinski definition) is 3. The SMILES string of the molecule is Cc1ccc(S(=O)(=O)NC(=O)C#CC2=CCCCC2)cc1. The molecule has 0 saturated carbocycles. The van der Waals surface area contributed by atoms with Crippen LogP contribution in [-0.2, 0) is 14.8 Å². The smallest absolute Gasteiger partial charge is 0.258 e. The van der Waals surface area contributed by atoms with Crippen molar-refractivity contribution in [3.63, 3.8) is 0 Å². The second kappa shape index (κ2) is 6.59. The second-order valence-electron chi connectivity index (χ2n) is 4.97. The highest BCUT2D eigenvalue weighted by Gasteiger charge is 2.16. The summed E-state index contributed by atoms with van der Waals surface area (Å²) in [5, 5.41) is 0.